The molecule has 0 aliphatic heterocycles. The molecule has 0 fully saturated rings. The second-order valence-corrected chi connectivity index (χ2v) is 7.95. The summed E-state index contributed by atoms with van der Waals surface area (Å²) in [7, 11) is -0.821. The molecule has 9 heteroatoms. The van der Waals surface area contributed by atoms with Crippen molar-refractivity contribution in [2.45, 2.75) is 18.4 Å². The van der Waals surface area contributed by atoms with E-state index in [0.717, 1.165) is 4.31 Å². The molecule has 2 rings (SSSR count). The largest absolute Gasteiger partial charge is 0.467 e. The van der Waals surface area contributed by atoms with Gasteiger partial charge in [-0.3, -0.25) is 9.59 Å². The zero-order valence-electron chi connectivity index (χ0n) is 14.8. The van der Waals surface area contributed by atoms with Crippen LogP contribution < -0.4 is 10.6 Å². The Labute approximate surface area is 152 Å². The number of aryl methyl sites for hydroxylation is 1. The predicted molar refractivity (Wildman–Crippen MR) is 94.9 cm³/mol. The topological polar surface area (TPSA) is 109 Å². The van der Waals surface area contributed by atoms with Gasteiger partial charge in [0, 0.05) is 19.7 Å². The second-order valence-electron chi connectivity index (χ2n) is 5.80. The molecule has 1 heterocycles. The highest BCUT2D eigenvalue weighted by Gasteiger charge is 2.20. The van der Waals surface area contributed by atoms with Crippen LogP contribution in [0.3, 0.4) is 0 Å². The number of sulfonamides is 1. The highest BCUT2D eigenvalue weighted by Crippen LogP contribution is 2.18. The number of hydrogen-bond donors (Lipinski definition) is 2. The number of rotatable bonds is 7. The lowest BCUT2D eigenvalue weighted by Crippen LogP contribution is -2.36. The molecule has 0 spiro atoms. The number of hydrogen-bond acceptors (Lipinski definition) is 5. The molecule has 26 heavy (non-hydrogen) atoms. The maximum atomic E-state index is 12.3. The summed E-state index contributed by atoms with van der Waals surface area (Å²) in [5.41, 5.74) is 0.808. The summed E-state index contributed by atoms with van der Waals surface area (Å²) in [5.74, 6) is -0.307. The van der Waals surface area contributed by atoms with E-state index in [0.29, 0.717) is 11.3 Å². The van der Waals surface area contributed by atoms with Gasteiger partial charge in [-0.1, -0.05) is 6.07 Å². The van der Waals surface area contributed by atoms with Crippen LogP contribution in [-0.4, -0.2) is 45.2 Å². The van der Waals surface area contributed by atoms with E-state index in [-0.39, 0.29) is 29.5 Å². The van der Waals surface area contributed by atoms with Gasteiger partial charge in [-0.05, 0) is 36.8 Å². The van der Waals surface area contributed by atoms with Crippen molar-refractivity contribution < 1.29 is 22.4 Å². The number of carbonyl (C=O) groups is 2. The summed E-state index contributed by atoms with van der Waals surface area (Å²) in [6, 6.07) is 7.74. The Morgan fingerprint density at radius 2 is 1.88 bits per heavy atom. The van der Waals surface area contributed by atoms with Gasteiger partial charge in [0.05, 0.1) is 24.2 Å². The summed E-state index contributed by atoms with van der Waals surface area (Å²) >= 11 is 0. The monoisotopic (exact) mass is 379 g/mol. The van der Waals surface area contributed by atoms with E-state index in [4.69, 9.17) is 4.42 Å². The van der Waals surface area contributed by atoms with E-state index in [1.54, 1.807) is 25.1 Å². The Kier molecular flexibility index (Phi) is 6.17. The van der Waals surface area contributed by atoms with Crippen molar-refractivity contribution in [2.24, 2.45) is 0 Å². The van der Waals surface area contributed by atoms with Crippen molar-refractivity contribution in [2.75, 3.05) is 20.6 Å². The zero-order chi connectivity index (χ0) is 19.3. The van der Waals surface area contributed by atoms with E-state index < -0.39 is 15.9 Å². The third kappa shape index (κ3) is 4.70. The molecule has 0 unspecified atom stereocenters. The summed E-state index contributed by atoms with van der Waals surface area (Å²) < 4.78 is 30.6. The van der Waals surface area contributed by atoms with E-state index in [1.165, 1.54) is 32.5 Å². The Hall–Kier alpha value is -2.65. The first-order valence-electron chi connectivity index (χ1n) is 7.82. The highest BCUT2D eigenvalue weighted by molar-refractivity contribution is 7.89. The van der Waals surface area contributed by atoms with Crippen molar-refractivity contribution in [1.82, 2.24) is 14.9 Å². The number of carbonyl (C=O) groups excluding carboxylic acids is 2. The van der Waals surface area contributed by atoms with Gasteiger partial charge in [0.15, 0.2) is 0 Å². The minimum absolute atomic E-state index is 0.0144. The van der Waals surface area contributed by atoms with Gasteiger partial charge in [-0.2, -0.15) is 0 Å². The average molecular weight is 379 g/mol. The molecular weight excluding hydrogens is 358 g/mol. The lowest BCUT2D eigenvalue weighted by molar-refractivity contribution is -0.120. The number of benzene rings is 1. The minimum atomic E-state index is -3.65. The molecule has 140 valence electrons. The summed E-state index contributed by atoms with van der Waals surface area (Å²) in [5, 5.41) is 5.09. The van der Waals surface area contributed by atoms with Crippen LogP contribution in [0.15, 0.2) is 45.9 Å². The smallest absolute Gasteiger partial charge is 0.252 e. The van der Waals surface area contributed by atoms with Crippen molar-refractivity contribution >= 4 is 21.8 Å². The number of amides is 2. The molecule has 0 aliphatic carbocycles. The molecule has 0 radical (unpaired) electrons. The summed E-state index contributed by atoms with van der Waals surface area (Å²) in [6.07, 6.45) is 1.50. The average Bonchev–Trinajstić information content (AvgIpc) is 3.11. The third-order valence-corrected chi connectivity index (χ3v) is 5.49. The van der Waals surface area contributed by atoms with Crippen LogP contribution in [0.1, 0.15) is 21.7 Å². The van der Waals surface area contributed by atoms with Crippen LogP contribution in [0, 0.1) is 6.92 Å². The SMILES string of the molecule is Cc1ccc(S(=O)(=O)N(C)C)cc1C(=O)NCC(=O)NCc1ccco1. The first-order chi connectivity index (χ1) is 12.2. The lowest BCUT2D eigenvalue weighted by Gasteiger charge is -2.14. The Morgan fingerprint density at radius 1 is 1.15 bits per heavy atom. The molecule has 0 saturated heterocycles. The molecular formula is C17H21N3O5S. The van der Waals surface area contributed by atoms with Gasteiger partial charge in [-0.25, -0.2) is 12.7 Å². The quantitative estimate of drug-likeness (QED) is 0.742. The molecule has 8 nitrogen and oxygen atoms in total. The maximum Gasteiger partial charge on any atom is 0.252 e. The van der Waals surface area contributed by atoms with E-state index in [2.05, 4.69) is 10.6 Å². The molecule has 0 aliphatic rings. The molecule has 0 saturated carbocycles. The van der Waals surface area contributed by atoms with Crippen molar-refractivity contribution in [3.05, 3.63) is 53.5 Å². The van der Waals surface area contributed by atoms with Gasteiger partial charge in [0.2, 0.25) is 15.9 Å². The molecule has 1 aromatic heterocycles. The standard InChI is InChI=1S/C17H21N3O5S/c1-12-6-7-14(26(23,24)20(2)3)9-15(12)17(22)19-11-16(21)18-10-13-5-4-8-25-13/h4-9H,10-11H2,1-3H3,(H,18,21)(H,19,22). The van der Waals surface area contributed by atoms with Crippen LogP contribution in [0.5, 0.6) is 0 Å². The van der Waals surface area contributed by atoms with Crippen molar-refractivity contribution in [1.29, 1.82) is 0 Å². The lowest BCUT2D eigenvalue weighted by atomic mass is 10.1. The number of furan rings is 1. The van der Waals surface area contributed by atoms with Gasteiger partial charge >= 0.3 is 0 Å². The molecule has 2 amide bonds. The van der Waals surface area contributed by atoms with Gasteiger partial charge in [0.1, 0.15) is 5.76 Å². The first-order valence-corrected chi connectivity index (χ1v) is 9.26. The van der Waals surface area contributed by atoms with Crippen LogP contribution in [0.2, 0.25) is 0 Å². The third-order valence-electron chi connectivity index (χ3n) is 3.68. The Bertz CT molecular complexity index is 889. The van der Waals surface area contributed by atoms with Crippen LogP contribution >= 0.6 is 0 Å². The molecule has 2 N–H and O–H groups in total. The summed E-state index contributed by atoms with van der Waals surface area (Å²) in [4.78, 5) is 24.2. The fraction of sp³-hybridized carbons (Fsp3) is 0.294. The maximum absolute atomic E-state index is 12.3. The second kappa shape index (κ2) is 8.15. The Morgan fingerprint density at radius 3 is 2.50 bits per heavy atom. The van der Waals surface area contributed by atoms with Gasteiger partial charge in [-0.15, -0.1) is 0 Å². The first kappa shape index (κ1) is 19.7. The fourth-order valence-electron chi connectivity index (χ4n) is 2.13. The molecule has 1 aromatic carbocycles. The molecule has 2 aromatic rings. The van der Waals surface area contributed by atoms with Crippen LogP contribution in [-0.2, 0) is 21.4 Å². The minimum Gasteiger partial charge on any atom is -0.467 e. The van der Waals surface area contributed by atoms with Gasteiger partial charge in [0.25, 0.3) is 5.91 Å². The Balaban J connectivity index is 2.01. The zero-order valence-corrected chi connectivity index (χ0v) is 15.6. The van der Waals surface area contributed by atoms with E-state index in [1.807, 2.05) is 0 Å². The normalized spacial score (nSPS) is 11.4. The molecule has 0 atom stereocenters. The van der Waals surface area contributed by atoms with Crippen LogP contribution in [0.25, 0.3) is 0 Å². The number of nitrogens with one attached hydrogen (secondary N) is 2. The molecule has 0 bridgehead atoms. The highest BCUT2D eigenvalue weighted by atomic mass is 32.2. The number of nitrogens with zero attached hydrogens (tertiary/aromatic N) is 1. The van der Waals surface area contributed by atoms with Crippen LogP contribution in [0.4, 0.5) is 0 Å². The summed E-state index contributed by atoms with van der Waals surface area (Å²) in [6.45, 7) is 1.68. The van der Waals surface area contributed by atoms with Crippen molar-refractivity contribution in [3.63, 3.8) is 0 Å². The van der Waals surface area contributed by atoms with E-state index in [9.17, 15) is 18.0 Å². The predicted octanol–water partition coefficient (Wildman–Crippen LogP) is 0.885. The van der Waals surface area contributed by atoms with Gasteiger partial charge < -0.3 is 15.1 Å². The van der Waals surface area contributed by atoms with E-state index >= 15 is 0 Å². The fourth-order valence-corrected chi connectivity index (χ4v) is 3.06. The van der Waals surface area contributed by atoms with Crippen molar-refractivity contribution in [3.8, 4) is 0 Å².